The number of hydrogen-bond acceptors (Lipinski definition) is 4. The number of hydrogen-bond donors (Lipinski definition) is 1. The van der Waals surface area contributed by atoms with Crippen molar-refractivity contribution in [3.63, 3.8) is 0 Å². The van der Waals surface area contributed by atoms with Crippen molar-refractivity contribution >= 4 is 11.6 Å². The first-order chi connectivity index (χ1) is 10.6. The van der Waals surface area contributed by atoms with E-state index in [0.717, 1.165) is 18.4 Å². The number of rotatable bonds is 5. The minimum atomic E-state index is -2.85. The van der Waals surface area contributed by atoms with Gasteiger partial charge in [0.05, 0.1) is 0 Å². The molecule has 0 aliphatic heterocycles. The van der Waals surface area contributed by atoms with Crippen LogP contribution in [0.1, 0.15) is 59.8 Å². The van der Waals surface area contributed by atoms with Crippen LogP contribution >= 0.6 is 0 Å². The van der Waals surface area contributed by atoms with Gasteiger partial charge in [-0.25, -0.2) is 13.8 Å². The summed E-state index contributed by atoms with van der Waals surface area (Å²) in [6.45, 7) is 1.91. The van der Waals surface area contributed by atoms with Crippen LogP contribution in [0.3, 0.4) is 0 Å². The van der Waals surface area contributed by atoms with Gasteiger partial charge in [0.1, 0.15) is 0 Å². The monoisotopic (exact) mass is 307 g/mol. The highest BCUT2D eigenvalue weighted by atomic mass is 19.3. The number of alkyl halides is 2. The quantitative estimate of drug-likeness (QED) is 0.914. The Morgan fingerprint density at radius 2 is 2.27 bits per heavy atom. The van der Waals surface area contributed by atoms with Crippen molar-refractivity contribution in [3.8, 4) is 0 Å². The number of aryl methyl sites for hydroxylation is 1. The summed E-state index contributed by atoms with van der Waals surface area (Å²) in [6, 6.07) is 1.62. The topological polar surface area (TPSA) is 68.0 Å². The molecule has 1 saturated carbocycles. The van der Waals surface area contributed by atoms with E-state index in [4.69, 9.17) is 4.42 Å². The second kappa shape index (κ2) is 5.82. The van der Waals surface area contributed by atoms with Crippen LogP contribution in [-0.4, -0.2) is 15.9 Å². The molecule has 116 valence electrons. The van der Waals surface area contributed by atoms with Gasteiger partial charge in [-0.2, -0.15) is 0 Å². The van der Waals surface area contributed by atoms with Crippen molar-refractivity contribution in [2.75, 3.05) is 5.32 Å². The number of nitrogens with one attached hydrogen (secondary N) is 1. The van der Waals surface area contributed by atoms with E-state index >= 15 is 0 Å². The van der Waals surface area contributed by atoms with Crippen LogP contribution in [-0.2, 0) is 6.42 Å². The zero-order valence-electron chi connectivity index (χ0n) is 12.0. The molecular formula is C15H15F2N3O2. The maximum absolute atomic E-state index is 13.1. The first kappa shape index (κ1) is 14.6. The van der Waals surface area contributed by atoms with Gasteiger partial charge in [-0.05, 0) is 30.9 Å². The van der Waals surface area contributed by atoms with Crippen molar-refractivity contribution < 1.29 is 18.0 Å². The third-order valence-corrected chi connectivity index (χ3v) is 3.54. The SMILES string of the molecule is CCc1cnccc1NC(=O)c1oc(C2CC2)nc1C(F)F. The zero-order valence-corrected chi connectivity index (χ0v) is 12.0. The van der Waals surface area contributed by atoms with Gasteiger partial charge in [0.25, 0.3) is 12.3 Å². The summed E-state index contributed by atoms with van der Waals surface area (Å²) in [5.74, 6) is -0.830. The molecule has 3 rings (SSSR count). The summed E-state index contributed by atoms with van der Waals surface area (Å²) >= 11 is 0. The summed E-state index contributed by atoms with van der Waals surface area (Å²) < 4.78 is 31.4. The molecule has 1 aliphatic carbocycles. The van der Waals surface area contributed by atoms with Crippen molar-refractivity contribution in [2.24, 2.45) is 0 Å². The number of nitrogens with zero attached hydrogens (tertiary/aromatic N) is 2. The van der Waals surface area contributed by atoms with Gasteiger partial charge < -0.3 is 9.73 Å². The number of halogens is 2. The summed E-state index contributed by atoms with van der Waals surface area (Å²) in [7, 11) is 0. The molecule has 7 heteroatoms. The van der Waals surface area contributed by atoms with Gasteiger partial charge in [-0.1, -0.05) is 6.92 Å². The predicted molar refractivity (Wildman–Crippen MR) is 75.0 cm³/mol. The number of carbonyl (C=O) groups excluding carboxylic acids is 1. The Morgan fingerprint density at radius 3 is 2.91 bits per heavy atom. The minimum Gasteiger partial charge on any atom is -0.435 e. The molecule has 2 aromatic rings. The minimum absolute atomic E-state index is 0.0613. The number of anilines is 1. The standard InChI is InChI=1S/C15H15F2N3O2/c1-2-8-7-18-6-5-10(8)19-14(21)12-11(13(16)17)20-15(22-12)9-3-4-9/h5-7,9,13H,2-4H2,1H3,(H,18,19,21). The van der Waals surface area contributed by atoms with Crippen molar-refractivity contribution in [3.05, 3.63) is 41.4 Å². The van der Waals surface area contributed by atoms with Crippen LogP contribution in [0, 0.1) is 0 Å². The number of aromatic nitrogens is 2. The third kappa shape index (κ3) is 2.84. The van der Waals surface area contributed by atoms with E-state index in [-0.39, 0.29) is 11.8 Å². The molecule has 1 amide bonds. The van der Waals surface area contributed by atoms with Crippen LogP contribution < -0.4 is 5.32 Å². The van der Waals surface area contributed by atoms with Gasteiger partial charge in [0, 0.05) is 24.0 Å². The van der Waals surface area contributed by atoms with Crippen LogP contribution in [0.5, 0.6) is 0 Å². The normalized spacial score (nSPS) is 14.4. The van der Waals surface area contributed by atoms with Crippen LogP contribution in [0.25, 0.3) is 0 Å². The second-order valence-corrected chi connectivity index (χ2v) is 5.18. The number of carbonyl (C=O) groups is 1. The molecular weight excluding hydrogens is 292 g/mol. The van der Waals surface area contributed by atoms with Gasteiger partial charge in [-0.15, -0.1) is 0 Å². The fourth-order valence-electron chi connectivity index (χ4n) is 2.17. The highest BCUT2D eigenvalue weighted by Crippen LogP contribution is 2.41. The summed E-state index contributed by atoms with van der Waals surface area (Å²) in [5.41, 5.74) is 0.759. The third-order valence-electron chi connectivity index (χ3n) is 3.54. The Bertz CT molecular complexity index is 696. The van der Waals surface area contributed by atoms with Crippen molar-refractivity contribution in [2.45, 2.75) is 38.5 Å². The van der Waals surface area contributed by atoms with Crippen LogP contribution in [0.4, 0.5) is 14.5 Å². The molecule has 2 aromatic heterocycles. The zero-order chi connectivity index (χ0) is 15.7. The summed E-state index contributed by atoms with van der Waals surface area (Å²) in [4.78, 5) is 20.0. The Hall–Kier alpha value is -2.31. The number of oxazole rings is 1. The fraction of sp³-hybridized carbons (Fsp3) is 0.400. The molecule has 0 unspecified atom stereocenters. The molecule has 0 spiro atoms. The van der Waals surface area contributed by atoms with Gasteiger partial charge in [0.2, 0.25) is 5.76 Å². The maximum Gasteiger partial charge on any atom is 0.293 e. The fourth-order valence-corrected chi connectivity index (χ4v) is 2.17. The molecule has 0 saturated heterocycles. The first-order valence-electron chi connectivity index (χ1n) is 7.13. The van der Waals surface area contributed by atoms with Crippen molar-refractivity contribution in [1.29, 1.82) is 0 Å². The van der Waals surface area contributed by atoms with Crippen LogP contribution in [0.15, 0.2) is 22.9 Å². The Labute approximate surface area is 125 Å². The largest absolute Gasteiger partial charge is 0.435 e. The summed E-state index contributed by atoms with van der Waals surface area (Å²) in [5, 5.41) is 2.60. The van der Waals surface area contributed by atoms with Crippen molar-refractivity contribution in [1.82, 2.24) is 9.97 Å². The van der Waals surface area contributed by atoms with E-state index in [0.29, 0.717) is 12.1 Å². The molecule has 1 fully saturated rings. The Kier molecular flexibility index (Phi) is 3.87. The molecule has 22 heavy (non-hydrogen) atoms. The lowest BCUT2D eigenvalue weighted by Gasteiger charge is -2.08. The first-order valence-corrected chi connectivity index (χ1v) is 7.13. The predicted octanol–water partition coefficient (Wildman–Crippen LogP) is 3.70. The summed E-state index contributed by atoms with van der Waals surface area (Å²) in [6.07, 6.45) is 2.68. The number of pyridine rings is 1. The lowest BCUT2D eigenvalue weighted by molar-refractivity contribution is 0.0975. The molecule has 5 nitrogen and oxygen atoms in total. The van der Waals surface area contributed by atoms with Crippen LogP contribution in [0.2, 0.25) is 0 Å². The van der Waals surface area contributed by atoms with Gasteiger partial charge >= 0.3 is 0 Å². The molecule has 0 radical (unpaired) electrons. The highest BCUT2D eigenvalue weighted by molar-refractivity contribution is 6.03. The van der Waals surface area contributed by atoms with E-state index in [9.17, 15) is 13.6 Å². The smallest absolute Gasteiger partial charge is 0.293 e. The van der Waals surface area contributed by atoms with E-state index in [2.05, 4.69) is 15.3 Å². The average Bonchev–Trinajstić information content (AvgIpc) is 3.26. The molecule has 0 atom stereocenters. The Balaban J connectivity index is 1.88. The molecule has 0 bridgehead atoms. The average molecular weight is 307 g/mol. The lowest BCUT2D eigenvalue weighted by atomic mass is 10.2. The molecule has 1 aliphatic rings. The number of amides is 1. The highest BCUT2D eigenvalue weighted by Gasteiger charge is 2.34. The van der Waals surface area contributed by atoms with E-state index in [1.54, 1.807) is 12.3 Å². The van der Waals surface area contributed by atoms with E-state index in [1.807, 2.05) is 6.92 Å². The Morgan fingerprint density at radius 1 is 1.50 bits per heavy atom. The molecule has 1 N–H and O–H groups in total. The molecule has 2 heterocycles. The molecule has 0 aromatic carbocycles. The lowest BCUT2D eigenvalue weighted by Crippen LogP contribution is -2.14. The van der Waals surface area contributed by atoms with E-state index in [1.165, 1.54) is 6.20 Å². The second-order valence-electron chi connectivity index (χ2n) is 5.18. The maximum atomic E-state index is 13.1. The van der Waals surface area contributed by atoms with Gasteiger partial charge in [-0.3, -0.25) is 9.78 Å². The van der Waals surface area contributed by atoms with Gasteiger partial charge in [0.15, 0.2) is 11.6 Å². The van der Waals surface area contributed by atoms with E-state index < -0.39 is 23.8 Å².